The van der Waals surface area contributed by atoms with Gasteiger partial charge in [-0.05, 0) is 37.3 Å². The third kappa shape index (κ3) is 5.21. The predicted molar refractivity (Wildman–Crippen MR) is 92.0 cm³/mol. The lowest BCUT2D eigenvalue weighted by Crippen LogP contribution is -2.45. The van der Waals surface area contributed by atoms with Crippen LogP contribution in [0, 0.1) is 28.5 Å². The highest BCUT2D eigenvalue weighted by Crippen LogP contribution is 2.35. The summed E-state index contributed by atoms with van der Waals surface area (Å²) >= 11 is 0. The summed E-state index contributed by atoms with van der Waals surface area (Å²) < 4.78 is 58.2. The first-order valence-electron chi connectivity index (χ1n) is 7.95. The van der Waals surface area contributed by atoms with E-state index in [9.17, 15) is 27.5 Å². The largest absolute Gasteiger partial charge is 0.490 e. The zero-order chi connectivity index (χ0) is 21.8. The summed E-state index contributed by atoms with van der Waals surface area (Å²) in [5.74, 6) is -2.17. The highest BCUT2D eigenvalue weighted by atomic mass is 19.4. The van der Waals surface area contributed by atoms with Gasteiger partial charge in [-0.15, -0.1) is 0 Å². The molecule has 150 valence electrons. The number of hydrogen-bond donors (Lipinski definition) is 2. The molecule has 0 aromatic heterocycles. The number of benzene rings is 2. The molecule has 0 saturated carbocycles. The average Bonchev–Trinajstić information content (AvgIpc) is 2.66. The third-order valence-electron chi connectivity index (χ3n) is 3.77. The molecule has 29 heavy (non-hydrogen) atoms. The number of carbonyl (C=O) groups excluding carboxylic acids is 1. The summed E-state index contributed by atoms with van der Waals surface area (Å²) in [4.78, 5) is 12.3. The van der Waals surface area contributed by atoms with Gasteiger partial charge < -0.3 is 15.2 Å². The number of hydrogen-bond acceptors (Lipinski definition) is 5. The van der Waals surface area contributed by atoms with Crippen LogP contribution in [0.2, 0.25) is 0 Å². The molecule has 0 heterocycles. The number of nitrogens with one attached hydrogen (secondary N) is 1. The van der Waals surface area contributed by atoms with Gasteiger partial charge in [-0.1, -0.05) is 0 Å². The first-order chi connectivity index (χ1) is 13.5. The molecule has 2 aromatic rings. The number of ether oxygens (including phenoxy) is 1. The summed E-state index contributed by atoms with van der Waals surface area (Å²) in [6, 6.07) is 8.96. The summed E-state index contributed by atoms with van der Waals surface area (Å²) in [5, 5.41) is 29.6. The second-order valence-electron chi connectivity index (χ2n) is 6.14. The van der Waals surface area contributed by atoms with Gasteiger partial charge in [0.05, 0.1) is 28.4 Å². The van der Waals surface area contributed by atoms with Crippen LogP contribution in [-0.4, -0.2) is 23.2 Å². The maximum absolute atomic E-state index is 13.6. The fraction of sp³-hybridized carbons (Fsp3) is 0.211. The van der Waals surface area contributed by atoms with Crippen molar-refractivity contribution in [3.8, 4) is 17.9 Å². The van der Waals surface area contributed by atoms with E-state index in [4.69, 9.17) is 15.3 Å². The zero-order valence-electron chi connectivity index (χ0n) is 14.8. The highest BCUT2D eigenvalue weighted by Gasteiger charge is 2.37. The average molecular weight is 407 g/mol. The van der Waals surface area contributed by atoms with E-state index < -0.39 is 41.4 Å². The van der Waals surface area contributed by atoms with Gasteiger partial charge in [0.15, 0.2) is 5.60 Å². The molecule has 6 nitrogen and oxygen atoms in total. The maximum atomic E-state index is 13.6. The Morgan fingerprint density at radius 1 is 1.17 bits per heavy atom. The number of nitrogens with zero attached hydrogens (tertiary/aromatic N) is 2. The lowest BCUT2D eigenvalue weighted by molar-refractivity contribution is -0.137. The Hall–Kier alpha value is -3.63. The van der Waals surface area contributed by atoms with Gasteiger partial charge in [0.25, 0.3) is 5.91 Å². The van der Waals surface area contributed by atoms with E-state index in [-0.39, 0.29) is 16.9 Å². The topological polar surface area (TPSA) is 106 Å². The van der Waals surface area contributed by atoms with Crippen molar-refractivity contribution in [1.29, 1.82) is 10.5 Å². The van der Waals surface area contributed by atoms with Crippen LogP contribution in [0.5, 0.6) is 5.75 Å². The Balaban J connectivity index is 2.16. The van der Waals surface area contributed by atoms with Crippen LogP contribution in [-0.2, 0) is 11.0 Å². The molecular formula is C19H13F4N3O3. The first-order valence-corrected chi connectivity index (χ1v) is 7.95. The SMILES string of the molecule is CC(O)(COc1ccc(C#N)c(F)c1)C(=O)Nc1ccc(C#N)cc1C(F)(F)F. The molecule has 2 aromatic carbocycles. The van der Waals surface area contributed by atoms with Crippen molar-refractivity contribution in [3.63, 3.8) is 0 Å². The summed E-state index contributed by atoms with van der Waals surface area (Å²) in [6.07, 6.45) is -4.85. The molecule has 0 spiro atoms. The first kappa shape index (κ1) is 21.7. The van der Waals surface area contributed by atoms with Gasteiger partial charge in [0, 0.05) is 6.07 Å². The predicted octanol–water partition coefficient (Wildman–Crippen LogP) is 3.36. The summed E-state index contributed by atoms with van der Waals surface area (Å²) in [6.45, 7) is 0.293. The third-order valence-corrected chi connectivity index (χ3v) is 3.77. The highest BCUT2D eigenvalue weighted by molar-refractivity contribution is 5.97. The number of carbonyl (C=O) groups is 1. The smallest absolute Gasteiger partial charge is 0.418 e. The molecule has 1 amide bonds. The minimum absolute atomic E-state index is 0.0936. The van der Waals surface area contributed by atoms with Crippen LogP contribution < -0.4 is 10.1 Å². The van der Waals surface area contributed by atoms with Crippen molar-refractivity contribution in [2.75, 3.05) is 11.9 Å². The monoisotopic (exact) mass is 407 g/mol. The molecule has 0 fully saturated rings. The lowest BCUT2D eigenvalue weighted by atomic mass is 10.1. The van der Waals surface area contributed by atoms with E-state index in [1.54, 1.807) is 12.1 Å². The number of aliphatic hydroxyl groups is 1. The van der Waals surface area contributed by atoms with E-state index in [2.05, 4.69) is 0 Å². The molecule has 0 saturated heterocycles. The Morgan fingerprint density at radius 3 is 2.41 bits per heavy atom. The second-order valence-corrected chi connectivity index (χ2v) is 6.14. The van der Waals surface area contributed by atoms with Gasteiger partial charge in [-0.3, -0.25) is 4.79 Å². The minimum atomic E-state index is -4.85. The van der Waals surface area contributed by atoms with Gasteiger partial charge in [0.1, 0.15) is 24.2 Å². The molecule has 2 rings (SSSR count). The van der Waals surface area contributed by atoms with Crippen molar-refractivity contribution in [3.05, 3.63) is 58.9 Å². The van der Waals surface area contributed by atoms with Gasteiger partial charge >= 0.3 is 6.18 Å². The van der Waals surface area contributed by atoms with Crippen molar-refractivity contribution < 1.29 is 32.2 Å². The van der Waals surface area contributed by atoms with Crippen LogP contribution in [0.3, 0.4) is 0 Å². The summed E-state index contributed by atoms with van der Waals surface area (Å²) in [7, 11) is 0. The quantitative estimate of drug-likeness (QED) is 0.740. The van der Waals surface area contributed by atoms with Crippen LogP contribution in [0.25, 0.3) is 0 Å². The van der Waals surface area contributed by atoms with E-state index in [1.807, 2.05) is 5.32 Å². The number of halogens is 4. The Kier molecular flexibility index (Phi) is 6.10. The molecule has 1 unspecified atom stereocenters. The lowest BCUT2D eigenvalue weighted by Gasteiger charge is -2.24. The Morgan fingerprint density at radius 2 is 1.86 bits per heavy atom. The van der Waals surface area contributed by atoms with Crippen LogP contribution in [0.4, 0.5) is 23.2 Å². The van der Waals surface area contributed by atoms with Crippen molar-refractivity contribution in [2.24, 2.45) is 0 Å². The molecule has 0 bridgehead atoms. The molecule has 0 aliphatic carbocycles. The van der Waals surface area contributed by atoms with Gasteiger partial charge in [-0.2, -0.15) is 23.7 Å². The van der Waals surface area contributed by atoms with E-state index in [0.717, 1.165) is 31.2 Å². The van der Waals surface area contributed by atoms with Crippen molar-refractivity contribution in [1.82, 2.24) is 0 Å². The number of rotatable bonds is 5. The minimum Gasteiger partial charge on any atom is -0.490 e. The Bertz CT molecular complexity index is 1020. The number of nitriles is 2. The molecular weight excluding hydrogens is 394 g/mol. The zero-order valence-corrected chi connectivity index (χ0v) is 14.8. The normalized spacial score (nSPS) is 13.0. The molecule has 0 radical (unpaired) electrons. The van der Waals surface area contributed by atoms with Gasteiger partial charge in [0.2, 0.25) is 0 Å². The molecule has 1 atom stereocenters. The molecule has 0 aliphatic rings. The maximum Gasteiger partial charge on any atom is 0.418 e. The molecule has 2 N–H and O–H groups in total. The van der Waals surface area contributed by atoms with E-state index in [0.29, 0.717) is 6.07 Å². The number of amides is 1. The molecule has 10 heteroatoms. The van der Waals surface area contributed by atoms with Crippen LogP contribution in [0.15, 0.2) is 36.4 Å². The van der Waals surface area contributed by atoms with Crippen molar-refractivity contribution >= 4 is 11.6 Å². The number of alkyl halides is 3. The summed E-state index contributed by atoms with van der Waals surface area (Å²) in [5.41, 5.74) is -4.67. The Labute approximate surface area is 162 Å². The van der Waals surface area contributed by atoms with E-state index >= 15 is 0 Å². The number of anilines is 1. The van der Waals surface area contributed by atoms with Crippen LogP contribution >= 0.6 is 0 Å². The van der Waals surface area contributed by atoms with Crippen molar-refractivity contribution in [2.45, 2.75) is 18.7 Å². The van der Waals surface area contributed by atoms with Gasteiger partial charge in [-0.25, -0.2) is 4.39 Å². The fourth-order valence-corrected chi connectivity index (χ4v) is 2.18. The standard InChI is InChI=1S/C19H13F4N3O3/c1-18(28,10-29-13-4-3-12(9-25)15(20)7-13)17(27)26-16-5-2-11(8-24)6-14(16)19(21,22)23/h2-7,28H,10H2,1H3,(H,26,27). The molecule has 0 aliphatic heterocycles. The van der Waals surface area contributed by atoms with Crippen LogP contribution in [0.1, 0.15) is 23.6 Å². The second kappa shape index (κ2) is 8.17. The van der Waals surface area contributed by atoms with E-state index in [1.165, 1.54) is 6.07 Å². The fourth-order valence-electron chi connectivity index (χ4n) is 2.18.